The van der Waals surface area contributed by atoms with Gasteiger partial charge in [0.2, 0.25) is 11.8 Å². The molecular formula is C20H20Cl2N4O3. The Bertz CT molecular complexity index is 888. The minimum atomic E-state index is -0.582. The number of benzene rings is 1. The maximum Gasteiger partial charge on any atom is 0.254 e. The molecule has 3 rings (SSSR count). The molecule has 9 heteroatoms. The molecule has 1 unspecified atom stereocenters. The Kier molecular flexibility index (Phi) is 7.06. The van der Waals surface area contributed by atoms with Crippen LogP contribution in [0, 0.1) is 0 Å². The van der Waals surface area contributed by atoms with Crippen molar-refractivity contribution in [1.82, 2.24) is 15.2 Å². The lowest BCUT2D eigenvalue weighted by molar-refractivity contribution is -0.125. The zero-order chi connectivity index (χ0) is 20.8. The van der Waals surface area contributed by atoms with Crippen molar-refractivity contribution in [1.29, 1.82) is 0 Å². The van der Waals surface area contributed by atoms with E-state index in [9.17, 15) is 14.4 Å². The monoisotopic (exact) mass is 434 g/mol. The minimum Gasteiger partial charge on any atom is -0.354 e. The van der Waals surface area contributed by atoms with E-state index in [1.807, 2.05) is 0 Å². The van der Waals surface area contributed by atoms with E-state index >= 15 is 0 Å². The molecule has 0 aliphatic carbocycles. The van der Waals surface area contributed by atoms with Crippen molar-refractivity contribution < 1.29 is 14.4 Å². The third-order valence-electron chi connectivity index (χ3n) is 4.52. The lowest BCUT2D eigenvalue weighted by atomic mass is 10.1. The summed E-state index contributed by atoms with van der Waals surface area (Å²) in [7, 11) is 0. The maximum absolute atomic E-state index is 12.8. The normalized spacial score (nSPS) is 15.8. The average Bonchev–Trinajstić information content (AvgIpc) is 3.17. The number of amides is 3. The number of nitrogens with one attached hydrogen (secondary N) is 2. The van der Waals surface area contributed by atoms with Gasteiger partial charge in [0, 0.05) is 41.3 Å². The number of carbonyl (C=O) groups is 3. The molecule has 1 aromatic heterocycles. The lowest BCUT2D eigenvalue weighted by Crippen LogP contribution is -2.46. The van der Waals surface area contributed by atoms with Crippen LogP contribution in [0.1, 0.15) is 29.6 Å². The van der Waals surface area contributed by atoms with Crippen LogP contribution >= 0.6 is 23.2 Å². The number of carbonyl (C=O) groups excluding carboxylic acids is 3. The number of halogens is 2. The number of anilines is 1. The summed E-state index contributed by atoms with van der Waals surface area (Å²) in [6, 6.07) is 7.48. The van der Waals surface area contributed by atoms with Gasteiger partial charge < -0.3 is 15.5 Å². The van der Waals surface area contributed by atoms with E-state index in [4.69, 9.17) is 23.2 Å². The van der Waals surface area contributed by atoms with Crippen molar-refractivity contribution in [2.75, 3.05) is 18.4 Å². The highest BCUT2D eigenvalue weighted by molar-refractivity contribution is 6.35. The van der Waals surface area contributed by atoms with Crippen LogP contribution < -0.4 is 10.6 Å². The maximum atomic E-state index is 12.8. The SMILES string of the molecule is O=C(CCNC(=O)C1CCCN1C(=O)c1cc(Cl)cc(Cl)c1)Nc1cccnc1. The van der Waals surface area contributed by atoms with E-state index in [0.29, 0.717) is 34.3 Å². The molecule has 152 valence electrons. The van der Waals surface area contributed by atoms with Crippen LogP contribution in [0.4, 0.5) is 5.69 Å². The summed E-state index contributed by atoms with van der Waals surface area (Å²) in [5.41, 5.74) is 0.939. The zero-order valence-corrected chi connectivity index (χ0v) is 17.0. The van der Waals surface area contributed by atoms with E-state index < -0.39 is 6.04 Å². The molecule has 1 atom stereocenters. The molecule has 1 aliphatic rings. The number of nitrogens with zero attached hydrogens (tertiary/aromatic N) is 2. The van der Waals surface area contributed by atoms with E-state index in [2.05, 4.69) is 15.6 Å². The highest BCUT2D eigenvalue weighted by Crippen LogP contribution is 2.24. The minimum absolute atomic E-state index is 0.116. The van der Waals surface area contributed by atoms with E-state index in [0.717, 1.165) is 6.42 Å². The van der Waals surface area contributed by atoms with E-state index in [-0.39, 0.29) is 30.7 Å². The van der Waals surface area contributed by atoms with Crippen molar-refractivity contribution in [3.05, 3.63) is 58.3 Å². The lowest BCUT2D eigenvalue weighted by Gasteiger charge is -2.24. The van der Waals surface area contributed by atoms with Gasteiger partial charge in [-0.25, -0.2) is 0 Å². The largest absolute Gasteiger partial charge is 0.354 e. The molecule has 0 bridgehead atoms. The third-order valence-corrected chi connectivity index (χ3v) is 4.96. The standard InChI is InChI=1S/C20H20Cl2N4O3/c21-14-9-13(10-15(22)11-14)20(29)26-8-2-4-17(26)19(28)24-7-5-18(27)25-16-3-1-6-23-12-16/h1,3,6,9-12,17H,2,4-5,7-8H2,(H,24,28)(H,25,27). The summed E-state index contributed by atoms with van der Waals surface area (Å²) in [6.07, 6.45) is 4.56. The van der Waals surface area contributed by atoms with Crippen LogP contribution in [0.15, 0.2) is 42.7 Å². The molecule has 0 spiro atoms. The summed E-state index contributed by atoms with van der Waals surface area (Å²) in [6.45, 7) is 0.648. The first-order valence-corrected chi connectivity index (χ1v) is 9.94. The Morgan fingerprint density at radius 3 is 2.62 bits per heavy atom. The van der Waals surface area contributed by atoms with Gasteiger partial charge in [-0.15, -0.1) is 0 Å². The van der Waals surface area contributed by atoms with Gasteiger partial charge in [-0.3, -0.25) is 19.4 Å². The molecule has 7 nitrogen and oxygen atoms in total. The fraction of sp³-hybridized carbons (Fsp3) is 0.300. The summed E-state index contributed by atoms with van der Waals surface area (Å²) in [5.74, 6) is -0.800. The van der Waals surface area contributed by atoms with Crippen LogP contribution in [-0.2, 0) is 9.59 Å². The number of pyridine rings is 1. The smallest absolute Gasteiger partial charge is 0.254 e. The highest BCUT2D eigenvalue weighted by Gasteiger charge is 2.34. The van der Waals surface area contributed by atoms with Gasteiger partial charge in [0.05, 0.1) is 11.9 Å². The molecule has 3 amide bonds. The number of hydrogen-bond acceptors (Lipinski definition) is 4. The fourth-order valence-electron chi connectivity index (χ4n) is 3.20. The van der Waals surface area contributed by atoms with Crippen LogP contribution in [0.3, 0.4) is 0 Å². The number of rotatable bonds is 6. The van der Waals surface area contributed by atoms with Gasteiger partial charge in [0.1, 0.15) is 6.04 Å². The highest BCUT2D eigenvalue weighted by atomic mass is 35.5. The number of likely N-dealkylation sites (tertiary alicyclic amines) is 1. The molecule has 1 aromatic carbocycles. The summed E-state index contributed by atoms with van der Waals surface area (Å²) >= 11 is 12.0. The second-order valence-corrected chi connectivity index (χ2v) is 7.52. The molecule has 2 aromatic rings. The molecule has 1 saturated heterocycles. The Balaban J connectivity index is 1.53. The van der Waals surface area contributed by atoms with E-state index in [1.54, 1.807) is 30.6 Å². The van der Waals surface area contributed by atoms with Crippen molar-refractivity contribution in [2.24, 2.45) is 0 Å². The van der Waals surface area contributed by atoms with Crippen molar-refractivity contribution >= 4 is 46.6 Å². The molecule has 29 heavy (non-hydrogen) atoms. The molecular weight excluding hydrogens is 415 g/mol. The van der Waals surface area contributed by atoms with Crippen LogP contribution in [0.5, 0.6) is 0 Å². The second kappa shape index (κ2) is 9.71. The first-order chi connectivity index (χ1) is 13.9. The molecule has 1 fully saturated rings. The molecule has 2 heterocycles. The van der Waals surface area contributed by atoms with Crippen molar-refractivity contribution in [3.63, 3.8) is 0 Å². The molecule has 2 N–H and O–H groups in total. The van der Waals surface area contributed by atoms with Crippen LogP contribution in [0.2, 0.25) is 10.0 Å². The third kappa shape index (κ3) is 5.68. The van der Waals surface area contributed by atoms with Gasteiger partial charge >= 0.3 is 0 Å². The number of hydrogen-bond donors (Lipinski definition) is 2. The Hall–Kier alpha value is -2.64. The summed E-state index contributed by atoms with van der Waals surface area (Å²) < 4.78 is 0. The topological polar surface area (TPSA) is 91.4 Å². The van der Waals surface area contributed by atoms with Crippen molar-refractivity contribution in [3.8, 4) is 0 Å². The van der Waals surface area contributed by atoms with Gasteiger partial charge in [-0.2, -0.15) is 0 Å². The first kappa shape index (κ1) is 21.1. The van der Waals surface area contributed by atoms with Gasteiger partial charge in [0.25, 0.3) is 5.91 Å². The van der Waals surface area contributed by atoms with Gasteiger partial charge in [-0.05, 0) is 43.2 Å². The first-order valence-electron chi connectivity index (χ1n) is 9.18. The Labute approximate surface area is 178 Å². The quantitative estimate of drug-likeness (QED) is 0.730. The Morgan fingerprint density at radius 2 is 1.93 bits per heavy atom. The molecule has 1 aliphatic heterocycles. The molecule has 0 radical (unpaired) electrons. The van der Waals surface area contributed by atoms with Gasteiger partial charge in [0.15, 0.2) is 0 Å². The summed E-state index contributed by atoms with van der Waals surface area (Å²) in [4.78, 5) is 42.8. The van der Waals surface area contributed by atoms with Crippen LogP contribution in [0.25, 0.3) is 0 Å². The Morgan fingerprint density at radius 1 is 1.17 bits per heavy atom. The number of aromatic nitrogens is 1. The predicted octanol–water partition coefficient (Wildman–Crippen LogP) is 3.14. The second-order valence-electron chi connectivity index (χ2n) is 6.65. The van der Waals surface area contributed by atoms with Crippen LogP contribution in [-0.4, -0.2) is 46.7 Å². The fourth-order valence-corrected chi connectivity index (χ4v) is 3.73. The zero-order valence-electron chi connectivity index (χ0n) is 15.5. The molecule has 0 saturated carbocycles. The van der Waals surface area contributed by atoms with E-state index in [1.165, 1.54) is 17.0 Å². The van der Waals surface area contributed by atoms with Crippen molar-refractivity contribution in [2.45, 2.75) is 25.3 Å². The predicted molar refractivity (Wildman–Crippen MR) is 111 cm³/mol. The average molecular weight is 435 g/mol. The summed E-state index contributed by atoms with van der Waals surface area (Å²) in [5, 5.41) is 6.16. The van der Waals surface area contributed by atoms with Gasteiger partial charge in [-0.1, -0.05) is 23.2 Å².